The van der Waals surface area contributed by atoms with Gasteiger partial charge in [0.1, 0.15) is 0 Å². The summed E-state index contributed by atoms with van der Waals surface area (Å²) in [5.74, 6) is 0.951. The molecule has 2 aromatic rings. The number of nitrogens with zero attached hydrogens (tertiary/aromatic N) is 4. The Morgan fingerprint density at radius 3 is 2.50 bits per heavy atom. The van der Waals surface area contributed by atoms with Crippen molar-refractivity contribution in [3.05, 3.63) is 33.6 Å². The predicted octanol–water partition coefficient (Wildman–Crippen LogP) is 1.42. The van der Waals surface area contributed by atoms with E-state index in [4.69, 9.17) is 4.52 Å². The van der Waals surface area contributed by atoms with Gasteiger partial charge >= 0.3 is 6.03 Å². The monoisotopic (exact) mass is 349 g/mol. The Balaban J connectivity index is 1.47. The molecule has 1 fully saturated rings. The molecule has 1 saturated heterocycles. The highest BCUT2D eigenvalue weighted by Gasteiger charge is 2.25. The van der Waals surface area contributed by atoms with E-state index in [-0.39, 0.29) is 18.5 Å². The third-order valence-corrected chi connectivity index (χ3v) is 4.75. The third kappa shape index (κ3) is 3.73. The highest BCUT2D eigenvalue weighted by atomic mass is 32.1. The van der Waals surface area contributed by atoms with Crippen LogP contribution in [0.15, 0.2) is 16.7 Å². The van der Waals surface area contributed by atoms with Crippen LogP contribution in [0.5, 0.6) is 0 Å². The molecule has 0 spiro atoms. The maximum absolute atomic E-state index is 12.4. The molecule has 24 heavy (non-hydrogen) atoms. The molecule has 0 radical (unpaired) electrons. The third-order valence-electron chi connectivity index (χ3n) is 3.77. The van der Waals surface area contributed by atoms with Crippen LogP contribution in [-0.4, -0.2) is 58.1 Å². The van der Waals surface area contributed by atoms with Gasteiger partial charge in [0.2, 0.25) is 5.89 Å². The van der Waals surface area contributed by atoms with Crippen molar-refractivity contribution in [3.63, 3.8) is 0 Å². The van der Waals surface area contributed by atoms with Crippen molar-refractivity contribution in [2.45, 2.75) is 20.4 Å². The molecule has 8 nitrogen and oxygen atoms in total. The summed E-state index contributed by atoms with van der Waals surface area (Å²) < 4.78 is 4.96. The van der Waals surface area contributed by atoms with Crippen LogP contribution in [0.2, 0.25) is 0 Å². The van der Waals surface area contributed by atoms with Crippen LogP contribution in [0, 0.1) is 13.8 Å². The van der Waals surface area contributed by atoms with Gasteiger partial charge in [0, 0.05) is 31.1 Å². The second kappa shape index (κ2) is 7.00. The molecule has 1 aliphatic heterocycles. The van der Waals surface area contributed by atoms with Crippen LogP contribution in [0.25, 0.3) is 0 Å². The zero-order valence-electron chi connectivity index (χ0n) is 13.6. The van der Waals surface area contributed by atoms with Gasteiger partial charge < -0.3 is 19.6 Å². The zero-order chi connectivity index (χ0) is 17.1. The van der Waals surface area contributed by atoms with Gasteiger partial charge in [-0.25, -0.2) is 4.79 Å². The lowest BCUT2D eigenvalue weighted by molar-refractivity contribution is 0.0669. The lowest BCUT2D eigenvalue weighted by Crippen LogP contribution is -2.53. The lowest BCUT2D eigenvalue weighted by atomic mass is 10.3. The molecule has 1 aliphatic rings. The van der Waals surface area contributed by atoms with E-state index in [9.17, 15) is 9.59 Å². The van der Waals surface area contributed by atoms with Crippen molar-refractivity contribution in [2.75, 3.05) is 26.2 Å². The van der Waals surface area contributed by atoms with Gasteiger partial charge in [-0.3, -0.25) is 4.79 Å². The molecule has 1 N–H and O–H groups in total. The minimum absolute atomic E-state index is 0.0366. The summed E-state index contributed by atoms with van der Waals surface area (Å²) in [6.45, 7) is 5.98. The number of amides is 3. The minimum atomic E-state index is -0.190. The Hall–Kier alpha value is -2.42. The number of nitrogens with one attached hydrogen (secondary N) is 1. The van der Waals surface area contributed by atoms with Crippen molar-refractivity contribution in [2.24, 2.45) is 0 Å². The summed E-state index contributed by atoms with van der Waals surface area (Å²) in [7, 11) is 0. The number of aromatic nitrogens is 2. The Morgan fingerprint density at radius 1 is 1.21 bits per heavy atom. The topological polar surface area (TPSA) is 91.6 Å². The van der Waals surface area contributed by atoms with E-state index in [0.29, 0.717) is 37.9 Å². The molecule has 0 aliphatic carbocycles. The van der Waals surface area contributed by atoms with Gasteiger partial charge in [0.15, 0.2) is 5.82 Å². The largest absolute Gasteiger partial charge is 0.337 e. The molecule has 128 valence electrons. The first-order valence-electron chi connectivity index (χ1n) is 7.70. The maximum Gasteiger partial charge on any atom is 0.317 e. The summed E-state index contributed by atoms with van der Waals surface area (Å²) in [6.07, 6.45) is 0. The van der Waals surface area contributed by atoms with Crippen molar-refractivity contribution in [1.82, 2.24) is 25.3 Å². The van der Waals surface area contributed by atoms with E-state index in [2.05, 4.69) is 15.5 Å². The second-order valence-corrected chi connectivity index (χ2v) is 6.87. The van der Waals surface area contributed by atoms with Crippen LogP contribution >= 0.6 is 11.3 Å². The smallest absolute Gasteiger partial charge is 0.317 e. The number of urea groups is 1. The van der Waals surface area contributed by atoms with Crippen molar-refractivity contribution in [1.29, 1.82) is 0 Å². The number of rotatable bonds is 3. The highest BCUT2D eigenvalue weighted by Crippen LogP contribution is 2.18. The summed E-state index contributed by atoms with van der Waals surface area (Å²) in [5, 5.41) is 6.42. The number of aryl methyl sites for hydroxylation is 2. The van der Waals surface area contributed by atoms with Gasteiger partial charge in [0.25, 0.3) is 5.91 Å². The van der Waals surface area contributed by atoms with Crippen molar-refractivity contribution >= 4 is 23.3 Å². The summed E-state index contributed by atoms with van der Waals surface area (Å²) in [6, 6.07) is 3.61. The van der Waals surface area contributed by atoms with E-state index >= 15 is 0 Å². The lowest BCUT2D eigenvalue weighted by Gasteiger charge is -2.34. The van der Waals surface area contributed by atoms with Gasteiger partial charge in [-0.15, -0.1) is 11.3 Å². The van der Waals surface area contributed by atoms with Crippen molar-refractivity contribution < 1.29 is 14.1 Å². The standard InChI is InChI=1S/C15H19N5O3S/c1-10-3-4-12(24-10)14(21)19-5-7-20(8-6-19)15(22)16-9-13-17-11(2)18-23-13/h3-4H,5-9H2,1-2H3,(H,16,22). The molecule has 0 aromatic carbocycles. The molecule has 0 bridgehead atoms. The summed E-state index contributed by atoms with van der Waals surface area (Å²) in [5.41, 5.74) is 0. The maximum atomic E-state index is 12.4. The van der Waals surface area contributed by atoms with Crippen molar-refractivity contribution in [3.8, 4) is 0 Å². The fourth-order valence-electron chi connectivity index (χ4n) is 2.49. The molecule has 9 heteroatoms. The first kappa shape index (κ1) is 16.4. The number of piperazine rings is 1. The molecule has 0 atom stereocenters. The highest BCUT2D eigenvalue weighted by molar-refractivity contribution is 7.13. The molecule has 3 rings (SSSR count). The molecular formula is C15H19N5O3S. The van der Waals surface area contributed by atoms with Crippen LogP contribution in [0.1, 0.15) is 26.3 Å². The quantitative estimate of drug-likeness (QED) is 0.905. The van der Waals surface area contributed by atoms with Gasteiger partial charge in [0.05, 0.1) is 11.4 Å². The van der Waals surface area contributed by atoms with Gasteiger partial charge in [-0.2, -0.15) is 4.98 Å². The Kier molecular flexibility index (Phi) is 4.79. The number of carbonyl (C=O) groups excluding carboxylic acids is 2. The molecule has 3 heterocycles. The molecule has 2 aromatic heterocycles. The number of hydrogen-bond acceptors (Lipinski definition) is 6. The van der Waals surface area contributed by atoms with Crippen LogP contribution in [0.4, 0.5) is 4.79 Å². The minimum Gasteiger partial charge on any atom is -0.337 e. The first-order chi connectivity index (χ1) is 11.5. The number of hydrogen-bond donors (Lipinski definition) is 1. The second-order valence-electron chi connectivity index (χ2n) is 5.58. The molecule has 0 saturated carbocycles. The summed E-state index contributed by atoms with van der Waals surface area (Å²) in [4.78, 5) is 33.9. The number of carbonyl (C=O) groups is 2. The normalized spacial score (nSPS) is 14.8. The predicted molar refractivity (Wildman–Crippen MR) is 87.8 cm³/mol. The van der Waals surface area contributed by atoms with Gasteiger partial charge in [-0.05, 0) is 26.0 Å². The van der Waals surface area contributed by atoms with E-state index in [0.717, 1.165) is 9.75 Å². The SMILES string of the molecule is Cc1noc(CNC(=O)N2CCN(C(=O)c3ccc(C)s3)CC2)n1. The van der Waals surface area contributed by atoms with Crippen LogP contribution < -0.4 is 5.32 Å². The average molecular weight is 349 g/mol. The van der Waals surface area contributed by atoms with E-state index in [1.54, 1.807) is 16.7 Å². The molecule has 3 amide bonds. The number of thiophene rings is 1. The van der Waals surface area contributed by atoms with Crippen LogP contribution in [-0.2, 0) is 6.54 Å². The zero-order valence-corrected chi connectivity index (χ0v) is 14.4. The summed E-state index contributed by atoms with van der Waals surface area (Å²) >= 11 is 1.50. The van der Waals surface area contributed by atoms with Crippen LogP contribution in [0.3, 0.4) is 0 Å². The molecule has 0 unspecified atom stereocenters. The van der Waals surface area contributed by atoms with E-state index in [1.165, 1.54) is 11.3 Å². The first-order valence-corrected chi connectivity index (χ1v) is 8.52. The van der Waals surface area contributed by atoms with E-state index < -0.39 is 0 Å². The fourth-order valence-corrected chi connectivity index (χ4v) is 3.33. The van der Waals surface area contributed by atoms with E-state index in [1.807, 2.05) is 19.1 Å². The Labute approximate surface area is 143 Å². The molecular weight excluding hydrogens is 330 g/mol. The fraction of sp³-hybridized carbons (Fsp3) is 0.467. The Morgan fingerprint density at radius 2 is 1.92 bits per heavy atom. The Bertz CT molecular complexity index is 733. The van der Waals surface area contributed by atoms with Gasteiger partial charge in [-0.1, -0.05) is 5.16 Å². The average Bonchev–Trinajstić information content (AvgIpc) is 3.20.